The van der Waals surface area contributed by atoms with Gasteiger partial charge in [-0.3, -0.25) is 4.79 Å². The van der Waals surface area contributed by atoms with Gasteiger partial charge in [-0.2, -0.15) is 0 Å². The van der Waals surface area contributed by atoms with Crippen molar-refractivity contribution in [2.24, 2.45) is 0 Å². The van der Waals surface area contributed by atoms with Crippen LogP contribution in [0.15, 0.2) is 48.8 Å². The average molecular weight is 389 g/mol. The molecule has 6 nitrogen and oxygen atoms in total. The predicted molar refractivity (Wildman–Crippen MR) is 114 cm³/mol. The van der Waals surface area contributed by atoms with Crippen molar-refractivity contribution in [3.05, 3.63) is 64.8 Å². The number of benzene rings is 2. The van der Waals surface area contributed by atoms with Gasteiger partial charge in [-0.15, -0.1) is 0 Å². The van der Waals surface area contributed by atoms with E-state index in [1.807, 2.05) is 41.0 Å². The largest absolute Gasteiger partial charge is 0.475 e. The van der Waals surface area contributed by atoms with Crippen LogP contribution in [0.3, 0.4) is 0 Å². The molecule has 3 N–H and O–H groups in total. The van der Waals surface area contributed by atoms with Crippen LogP contribution in [0.1, 0.15) is 24.8 Å². The van der Waals surface area contributed by atoms with E-state index in [0.29, 0.717) is 13.0 Å². The zero-order valence-corrected chi connectivity index (χ0v) is 16.2. The number of aryl methyl sites for hydroxylation is 1. The molecule has 1 amide bonds. The molecular formula is C22H24BN3O3. The van der Waals surface area contributed by atoms with Crippen LogP contribution in [0, 0.1) is 0 Å². The first-order valence-corrected chi connectivity index (χ1v) is 9.95. The van der Waals surface area contributed by atoms with Crippen LogP contribution in [0.25, 0.3) is 23.2 Å². The van der Waals surface area contributed by atoms with Gasteiger partial charge in [-0.05, 0) is 47.4 Å². The number of carbonyl (C=O) groups excluding carboxylic acids is 1. The highest BCUT2D eigenvalue weighted by atomic mass is 16.4. The Balaban J connectivity index is 1.40. The zero-order valence-electron chi connectivity index (χ0n) is 16.2. The summed E-state index contributed by atoms with van der Waals surface area (Å²) in [5.74, 6) is -0.980. The van der Waals surface area contributed by atoms with E-state index in [1.54, 1.807) is 6.33 Å². The van der Waals surface area contributed by atoms with Crippen LogP contribution >= 0.6 is 0 Å². The average Bonchev–Trinajstić information content (AvgIpc) is 3.15. The molecule has 1 aliphatic carbocycles. The number of amides is 1. The second kappa shape index (κ2) is 8.63. The van der Waals surface area contributed by atoms with E-state index in [0.717, 1.165) is 29.4 Å². The molecule has 1 aromatic heterocycles. The van der Waals surface area contributed by atoms with Crippen LogP contribution in [0.2, 0.25) is 0 Å². The monoisotopic (exact) mass is 389 g/mol. The number of aromatic nitrogens is 2. The van der Waals surface area contributed by atoms with Gasteiger partial charge in [0, 0.05) is 13.0 Å². The molecule has 0 saturated carbocycles. The van der Waals surface area contributed by atoms with Gasteiger partial charge >= 0.3 is 7.12 Å². The summed E-state index contributed by atoms with van der Waals surface area (Å²) in [5.41, 5.74) is 2.83. The van der Waals surface area contributed by atoms with Gasteiger partial charge in [-0.25, -0.2) is 4.98 Å². The van der Waals surface area contributed by atoms with Crippen LogP contribution in [-0.2, 0) is 17.8 Å². The molecule has 1 atom stereocenters. The van der Waals surface area contributed by atoms with Gasteiger partial charge in [0.05, 0.1) is 23.3 Å². The van der Waals surface area contributed by atoms with Crippen LogP contribution in [-0.4, -0.2) is 38.6 Å². The van der Waals surface area contributed by atoms with Gasteiger partial charge in [-0.1, -0.05) is 42.5 Å². The maximum absolute atomic E-state index is 12.4. The summed E-state index contributed by atoms with van der Waals surface area (Å²) in [5, 5.41) is 24.7. The number of imidazole rings is 1. The lowest BCUT2D eigenvalue weighted by atomic mass is 9.75. The van der Waals surface area contributed by atoms with Gasteiger partial charge in [0.2, 0.25) is 5.91 Å². The smallest absolute Gasteiger partial charge is 0.426 e. The molecule has 0 fully saturated rings. The third-order valence-corrected chi connectivity index (χ3v) is 5.32. The highest BCUT2D eigenvalue weighted by Crippen LogP contribution is 2.12. The van der Waals surface area contributed by atoms with Crippen molar-refractivity contribution in [3.63, 3.8) is 0 Å². The first-order valence-electron chi connectivity index (χ1n) is 9.95. The van der Waals surface area contributed by atoms with Crippen LogP contribution in [0.5, 0.6) is 0 Å². The number of fused-ring (bicyclic) bond motifs is 2. The van der Waals surface area contributed by atoms with E-state index in [1.165, 1.54) is 10.4 Å². The van der Waals surface area contributed by atoms with Gasteiger partial charge in [0.25, 0.3) is 0 Å². The molecule has 0 bridgehead atoms. The normalized spacial score (nSPS) is 13.9. The van der Waals surface area contributed by atoms with Crippen molar-refractivity contribution >= 4 is 36.2 Å². The fourth-order valence-corrected chi connectivity index (χ4v) is 3.77. The SMILES string of the molecule is O=C(CCn1cnc2ccccc21)N[C@@H](Cc1ccc2c(c1)=CCCC=2)B(O)O. The van der Waals surface area contributed by atoms with Crippen molar-refractivity contribution in [1.29, 1.82) is 0 Å². The highest BCUT2D eigenvalue weighted by molar-refractivity contribution is 6.43. The summed E-state index contributed by atoms with van der Waals surface area (Å²) in [6.07, 6.45) is 8.77. The summed E-state index contributed by atoms with van der Waals surface area (Å²) >= 11 is 0. The van der Waals surface area contributed by atoms with Gasteiger partial charge in [0.15, 0.2) is 0 Å². The molecule has 0 saturated heterocycles. The quantitative estimate of drug-likeness (QED) is 0.515. The minimum atomic E-state index is -1.63. The van der Waals surface area contributed by atoms with E-state index in [4.69, 9.17) is 0 Å². The Kier molecular flexibility index (Phi) is 5.78. The summed E-state index contributed by atoms with van der Waals surface area (Å²) < 4.78 is 1.93. The second-order valence-corrected chi connectivity index (χ2v) is 7.42. The third-order valence-electron chi connectivity index (χ3n) is 5.32. The Bertz CT molecular complexity index is 1140. The van der Waals surface area contributed by atoms with E-state index in [-0.39, 0.29) is 12.3 Å². The van der Waals surface area contributed by atoms with E-state index >= 15 is 0 Å². The third kappa shape index (κ3) is 4.58. The lowest BCUT2D eigenvalue weighted by Gasteiger charge is -2.18. The van der Waals surface area contributed by atoms with Crippen LogP contribution in [0.4, 0.5) is 0 Å². The summed E-state index contributed by atoms with van der Waals surface area (Å²) in [6.45, 7) is 0.476. The molecule has 1 aliphatic rings. The minimum Gasteiger partial charge on any atom is -0.426 e. The summed E-state index contributed by atoms with van der Waals surface area (Å²) in [7, 11) is -1.63. The van der Waals surface area contributed by atoms with Crippen molar-refractivity contribution in [3.8, 4) is 0 Å². The maximum Gasteiger partial charge on any atom is 0.475 e. The molecule has 0 radical (unpaired) electrons. The Hall–Kier alpha value is -2.90. The molecule has 0 unspecified atom stereocenters. The fourth-order valence-electron chi connectivity index (χ4n) is 3.77. The molecule has 2 aromatic carbocycles. The number of nitrogens with one attached hydrogen (secondary N) is 1. The maximum atomic E-state index is 12.4. The van der Waals surface area contributed by atoms with Gasteiger partial charge in [0.1, 0.15) is 0 Å². The molecule has 7 heteroatoms. The molecule has 1 heterocycles. The van der Waals surface area contributed by atoms with Gasteiger partial charge < -0.3 is 19.9 Å². The number of hydrogen-bond donors (Lipinski definition) is 3. The second-order valence-electron chi connectivity index (χ2n) is 7.42. The van der Waals surface area contributed by atoms with E-state index in [9.17, 15) is 14.8 Å². The van der Waals surface area contributed by atoms with E-state index in [2.05, 4.69) is 28.5 Å². The molecule has 0 aliphatic heterocycles. The molecule has 0 spiro atoms. The lowest BCUT2D eigenvalue weighted by Crippen LogP contribution is -2.48. The number of rotatable bonds is 7. The first kappa shape index (κ1) is 19.4. The molecule has 3 aromatic rings. The van der Waals surface area contributed by atoms with Crippen LogP contribution < -0.4 is 15.8 Å². The molecule has 148 valence electrons. The lowest BCUT2D eigenvalue weighted by molar-refractivity contribution is -0.121. The predicted octanol–water partition coefficient (Wildman–Crippen LogP) is 0.521. The van der Waals surface area contributed by atoms with Crippen molar-refractivity contribution in [1.82, 2.24) is 14.9 Å². The topological polar surface area (TPSA) is 87.4 Å². The number of nitrogens with zero attached hydrogens (tertiary/aromatic N) is 2. The minimum absolute atomic E-state index is 0.223. The number of hydrogen-bond acceptors (Lipinski definition) is 4. The molecule has 4 rings (SSSR count). The fraction of sp³-hybridized carbons (Fsp3) is 0.273. The molecule has 29 heavy (non-hydrogen) atoms. The first-order chi connectivity index (χ1) is 14.1. The molecular weight excluding hydrogens is 365 g/mol. The summed E-state index contributed by atoms with van der Waals surface area (Å²) in [4.78, 5) is 16.8. The van der Waals surface area contributed by atoms with Crippen molar-refractivity contribution < 1.29 is 14.8 Å². The summed E-state index contributed by atoms with van der Waals surface area (Å²) in [6, 6.07) is 13.8. The number of carbonyl (C=O) groups is 1. The highest BCUT2D eigenvalue weighted by Gasteiger charge is 2.25. The standard InChI is InChI=1S/C22H24BN3O3/c27-22(11-12-26-15-24-19-7-3-4-8-20(19)26)25-21(23(28)29)14-16-9-10-17-5-1-2-6-18(17)13-16/h3-10,13,15,21,28-29H,1-2,11-12,14H2,(H,25,27)/t21-/m0/s1. The Morgan fingerprint density at radius 2 is 1.93 bits per heavy atom. The number of para-hydroxylation sites is 2. The Labute approximate surface area is 169 Å². The van der Waals surface area contributed by atoms with Crippen molar-refractivity contribution in [2.45, 2.75) is 38.2 Å². The Morgan fingerprint density at radius 3 is 2.76 bits per heavy atom. The van der Waals surface area contributed by atoms with Crippen molar-refractivity contribution in [2.75, 3.05) is 0 Å². The van der Waals surface area contributed by atoms with E-state index < -0.39 is 13.1 Å². The zero-order chi connectivity index (χ0) is 20.2. The Morgan fingerprint density at radius 1 is 1.14 bits per heavy atom.